The Bertz CT molecular complexity index is 818. The fourth-order valence-corrected chi connectivity index (χ4v) is 6.51. The molecule has 150 valence electrons. The van der Waals surface area contributed by atoms with Gasteiger partial charge in [0, 0.05) is 28.2 Å². The number of carbonyl (C=O) groups is 1. The van der Waals surface area contributed by atoms with E-state index in [1.165, 1.54) is 44.7 Å². The van der Waals surface area contributed by atoms with Crippen molar-refractivity contribution in [3.05, 3.63) is 32.3 Å². The van der Waals surface area contributed by atoms with Gasteiger partial charge in [-0.2, -0.15) is 0 Å². The third-order valence-corrected chi connectivity index (χ3v) is 7.31. The molecule has 0 heterocycles. The van der Waals surface area contributed by atoms with Crippen molar-refractivity contribution in [1.29, 1.82) is 0 Å². The van der Waals surface area contributed by atoms with Crippen LogP contribution in [0, 0.1) is 33.3 Å². The number of non-ortho nitro benzene ring substituents is 1. The van der Waals surface area contributed by atoms with E-state index in [1.54, 1.807) is 0 Å². The number of hydrogen-bond acceptors (Lipinski definition) is 6. The zero-order chi connectivity index (χ0) is 20.1. The standard InChI is InChI=1S/C20H23BrN2O5/c1-28-19(25)18(20-7-11-2-12(8-20)4-13(3-11)9-20)22-10-14-5-15(23(26)27)6-16(21)17(14)24/h5-6,10-13,18,24H,2-4,7-9H2,1H3/p-1/t11?,12?,13?,18-,20?/m0/s1. The molecule has 0 saturated heterocycles. The van der Waals surface area contributed by atoms with Crippen LogP contribution in [0.3, 0.4) is 0 Å². The molecule has 7 nitrogen and oxygen atoms in total. The minimum absolute atomic E-state index is 0.0970. The smallest absolute Gasteiger partial charge is 0.331 e. The fourth-order valence-electron chi connectivity index (χ4n) is 6.05. The van der Waals surface area contributed by atoms with E-state index in [-0.39, 0.29) is 26.9 Å². The number of nitrogens with zero attached hydrogens (tertiary/aromatic N) is 2. The second kappa shape index (κ2) is 7.13. The zero-order valence-corrected chi connectivity index (χ0v) is 17.2. The molecule has 0 unspecified atom stereocenters. The van der Waals surface area contributed by atoms with Gasteiger partial charge in [0.1, 0.15) is 0 Å². The van der Waals surface area contributed by atoms with Crippen molar-refractivity contribution in [1.82, 2.24) is 0 Å². The number of nitro benzene ring substituents is 1. The van der Waals surface area contributed by atoms with Crippen LogP contribution in [-0.2, 0) is 9.53 Å². The Balaban J connectivity index is 1.69. The highest BCUT2D eigenvalue weighted by molar-refractivity contribution is 9.10. The first kappa shape index (κ1) is 19.4. The van der Waals surface area contributed by atoms with Crippen LogP contribution in [0.5, 0.6) is 5.75 Å². The summed E-state index contributed by atoms with van der Waals surface area (Å²) in [4.78, 5) is 27.7. The maximum atomic E-state index is 12.6. The Morgan fingerprint density at radius 1 is 1.29 bits per heavy atom. The van der Waals surface area contributed by atoms with Crippen LogP contribution in [0.4, 0.5) is 5.69 Å². The molecule has 0 amide bonds. The molecule has 4 bridgehead atoms. The van der Waals surface area contributed by atoms with Gasteiger partial charge in [0.2, 0.25) is 0 Å². The van der Waals surface area contributed by atoms with Crippen LogP contribution in [0.15, 0.2) is 21.6 Å². The SMILES string of the molecule is COC(=O)[C@H](N=Cc1cc([N+](=O)[O-])cc(Br)c1[O-])C12CC3CC(CC(C3)C1)C2. The lowest BCUT2D eigenvalue weighted by atomic mass is 9.47. The Morgan fingerprint density at radius 2 is 1.86 bits per heavy atom. The number of rotatable bonds is 5. The third-order valence-electron chi connectivity index (χ3n) is 6.72. The monoisotopic (exact) mass is 449 g/mol. The molecule has 1 aromatic rings. The molecule has 4 fully saturated rings. The average molecular weight is 450 g/mol. The van der Waals surface area contributed by atoms with E-state index in [4.69, 9.17) is 4.74 Å². The molecular weight excluding hydrogens is 428 g/mol. The molecule has 8 heteroatoms. The summed E-state index contributed by atoms with van der Waals surface area (Å²) in [6.07, 6.45) is 7.90. The summed E-state index contributed by atoms with van der Waals surface area (Å²) in [5, 5.41) is 23.5. The molecule has 1 atom stereocenters. The lowest BCUT2D eigenvalue weighted by Crippen LogP contribution is -2.53. The van der Waals surface area contributed by atoms with Gasteiger partial charge in [0.05, 0.1) is 12.0 Å². The molecule has 4 aliphatic carbocycles. The first-order valence-electron chi connectivity index (χ1n) is 9.57. The Morgan fingerprint density at radius 3 is 2.36 bits per heavy atom. The number of hydrogen-bond donors (Lipinski definition) is 0. The summed E-state index contributed by atoms with van der Waals surface area (Å²) in [6, 6.07) is 1.70. The van der Waals surface area contributed by atoms with Crippen molar-refractivity contribution in [3.8, 4) is 5.75 Å². The molecule has 28 heavy (non-hydrogen) atoms. The van der Waals surface area contributed by atoms with Gasteiger partial charge in [-0.25, -0.2) is 4.79 Å². The fraction of sp³-hybridized carbons (Fsp3) is 0.600. The van der Waals surface area contributed by atoms with E-state index in [0.29, 0.717) is 17.8 Å². The number of ether oxygens (including phenoxy) is 1. The van der Waals surface area contributed by atoms with E-state index in [1.807, 2.05) is 0 Å². The summed E-state index contributed by atoms with van der Waals surface area (Å²) in [7, 11) is 1.36. The minimum atomic E-state index is -0.677. The molecular formula is C20H22BrN2O5-. The molecule has 5 rings (SSSR count). The lowest BCUT2D eigenvalue weighted by molar-refractivity contribution is -0.385. The van der Waals surface area contributed by atoms with Crippen LogP contribution in [0.25, 0.3) is 0 Å². The van der Waals surface area contributed by atoms with Gasteiger partial charge < -0.3 is 9.84 Å². The van der Waals surface area contributed by atoms with E-state index in [0.717, 1.165) is 19.3 Å². The van der Waals surface area contributed by atoms with Crippen molar-refractivity contribution in [2.45, 2.75) is 44.6 Å². The van der Waals surface area contributed by atoms with Gasteiger partial charge >= 0.3 is 5.97 Å². The molecule has 0 N–H and O–H groups in total. The average Bonchev–Trinajstić information content (AvgIpc) is 2.63. The summed E-state index contributed by atoms with van der Waals surface area (Å²) in [5.74, 6) is 1.13. The zero-order valence-electron chi connectivity index (χ0n) is 15.6. The minimum Gasteiger partial charge on any atom is -0.871 e. The highest BCUT2D eigenvalue weighted by atomic mass is 79.9. The van der Waals surface area contributed by atoms with Gasteiger partial charge in [-0.05, 0) is 61.8 Å². The summed E-state index contributed by atoms with van der Waals surface area (Å²) >= 11 is 3.08. The predicted molar refractivity (Wildman–Crippen MR) is 104 cm³/mol. The number of benzene rings is 1. The van der Waals surface area contributed by atoms with Gasteiger partial charge in [-0.15, -0.1) is 0 Å². The molecule has 4 aliphatic rings. The van der Waals surface area contributed by atoms with Crippen LogP contribution >= 0.6 is 15.9 Å². The first-order chi connectivity index (χ1) is 13.3. The van der Waals surface area contributed by atoms with Crippen LogP contribution in [0.1, 0.15) is 44.1 Å². The second-order valence-corrected chi connectivity index (χ2v) is 9.44. The van der Waals surface area contributed by atoms with Crippen LogP contribution in [-0.4, -0.2) is 30.3 Å². The third kappa shape index (κ3) is 3.32. The van der Waals surface area contributed by atoms with Gasteiger partial charge in [-0.1, -0.05) is 21.7 Å². The number of nitro groups is 1. The number of methoxy groups -OCH3 is 1. The maximum Gasteiger partial charge on any atom is 0.331 e. The normalized spacial score (nSPS) is 31.9. The van der Waals surface area contributed by atoms with Gasteiger partial charge in [0.15, 0.2) is 6.04 Å². The van der Waals surface area contributed by atoms with E-state index in [9.17, 15) is 20.0 Å². The van der Waals surface area contributed by atoms with Gasteiger partial charge in [0.25, 0.3) is 5.69 Å². The number of halogens is 1. The molecule has 0 aromatic heterocycles. The largest absolute Gasteiger partial charge is 0.871 e. The number of esters is 1. The van der Waals surface area contributed by atoms with E-state index in [2.05, 4.69) is 20.9 Å². The molecule has 0 spiro atoms. The van der Waals surface area contributed by atoms with E-state index >= 15 is 0 Å². The molecule has 4 saturated carbocycles. The molecule has 0 radical (unpaired) electrons. The highest BCUT2D eigenvalue weighted by Crippen LogP contribution is 2.62. The quantitative estimate of drug-likeness (QED) is 0.295. The number of carbonyl (C=O) groups excluding carboxylic acids is 1. The lowest BCUT2D eigenvalue weighted by Gasteiger charge is -2.58. The van der Waals surface area contributed by atoms with Crippen LogP contribution in [0.2, 0.25) is 0 Å². The summed E-state index contributed by atoms with van der Waals surface area (Å²) in [6.45, 7) is 0. The molecule has 1 aromatic carbocycles. The van der Waals surface area contributed by atoms with E-state index < -0.39 is 16.9 Å². The number of aliphatic imine (C=N–C) groups is 1. The van der Waals surface area contributed by atoms with Crippen molar-refractivity contribution in [2.24, 2.45) is 28.2 Å². The predicted octanol–water partition coefficient (Wildman–Crippen LogP) is 3.61. The molecule has 0 aliphatic heterocycles. The first-order valence-corrected chi connectivity index (χ1v) is 10.4. The Labute approximate surface area is 171 Å². The second-order valence-electron chi connectivity index (χ2n) is 8.59. The van der Waals surface area contributed by atoms with Gasteiger partial charge in [-0.3, -0.25) is 15.1 Å². The maximum absolute atomic E-state index is 12.6. The highest BCUT2D eigenvalue weighted by Gasteiger charge is 2.56. The van der Waals surface area contributed by atoms with Crippen molar-refractivity contribution in [3.63, 3.8) is 0 Å². The van der Waals surface area contributed by atoms with Crippen molar-refractivity contribution in [2.75, 3.05) is 7.11 Å². The summed E-state index contributed by atoms with van der Waals surface area (Å²) < 4.78 is 5.16. The summed E-state index contributed by atoms with van der Waals surface area (Å²) in [5.41, 5.74) is -0.323. The Kier molecular flexibility index (Phi) is 4.93. The topological polar surface area (TPSA) is 105 Å². The van der Waals surface area contributed by atoms with Crippen LogP contribution < -0.4 is 5.11 Å². The van der Waals surface area contributed by atoms with Crippen molar-refractivity contribution >= 4 is 33.8 Å². The Hall–Kier alpha value is -1.96. The van der Waals surface area contributed by atoms with Crippen molar-refractivity contribution < 1.29 is 19.6 Å².